The second kappa shape index (κ2) is 5.00. The third-order valence-electron chi connectivity index (χ3n) is 6.18. The highest BCUT2D eigenvalue weighted by molar-refractivity contribution is 5.94. The van der Waals surface area contributed by atoms with Crippen molar-refractivity contribution in [3.05, 3.63) is 23.8 Å². The summed E-state index contributed by atoms with van der Waals surface area (Å²) in [5.74, 6) is 1.59. The van der Waals surface area contributed by atoms with Crippen LogP contribution in [0.2, 0.25) is 0 Å². The largest absolute Gasteiger partial charge is 0.368 e. The Morgan fingerprint density at radius 2 is 2.05 bits per heavy atom. The maximum absolute atomic E-state index is 12.1. The molecule has 3 aliphatic rings. The Bertz CT molecular complexity index is 611. The molecule has 0 N–H and O–H groups in total. The van der Waals surface area contributed by atoms with Crippen molar-refractivity contribution in [3.8, 4) is 0 Å². The number of hydrogen-bond acceptors (Lipinski definition) is 2. The van der Waals surface area contributed by atoms with E-state index in [0.29, 0.717) is 12.0 Å². The highest BCUT2D eigenvalue weighted by atomic mass is 16.2. The minimum atomic E-state index is 0.160. The molecule has 2 fully saturated rings. The van der Waals surface area contributed by atoms with Gasteiger partial charge in [-0.2, -0.15) is 0 Å². The molecule has 4 rings (SSSR count). The van der Waals surface area contributed by atoms with E-state index in [1.165, 1.54) is 37.1 Å². The monoisotopic (exact) mass is 298 g/mol. The van der Waals surface area contributed by atoms with E-state index in [4.69, 9.17) is 0 Å². The van der Waals surface area contributed by atoms with Gasteiger partial charge in [0.15, 0.2) is 0 Å². The van der Waals surface area contributed by atoms with Gasteiger partial charge in [-0.25, -0.2) is 0 Å². The summed E-state index contributed by atoms with van der Waals surface area (Å²) in [6.07, 6.45) is 5.23. The lowest BCUT2D eigenvalue weighted by atomic mass is 9.87. The standard InChI is InChI=1S/C19H26N2O/c1-12-8-16-10-18(20-11-15-4-5-17(20)9-15)6-7-19(16)21(13(12)2)14(3)22/h6-7,10,12-13,15,17H,4-5,8-9,11H2,1-3H3/t12-,13+,15+,17?/m1/s1. The van der Waals surface area contributed by atoms with E-state index in [9.17, 15) is 4.79 Å². The Hall–Kier alpha value is -1.51. The van der Waals surface area contributed by atoms with Crippen LogP contribution in [0.25, 0.3) is 0 Å². The fourth-order valence-electron chi connectivity index (χ4n) is 4.84. The maximum atomic E-state index is 12.1. The number of rotatable bonds is 1. The summed E-state index contributed by atoms with van der Waals surface area (Å²) < 4.78 is 0. The first-order chi connectivity index (χ1) is 10.5. The van der Waals surface area contributed by atoms with Crippen LogP contribution in [0.1, 0.15) is 45.6 Å². The lowest BCUT2D eigenvalue weighted by Crippen LogP contribution is -2.45. The SMILES string of the molecule is CC(=O)N1c2ccc(N3C[C@H]4CCC3C4)cc2C[C@@H](C)[C@@H]1C. The average Bonchev–Trinajstić information content (AvgIpc) is 3.10. The number of fused-ring (bicyclic) bond motifs is 3. The van der Waals surface area contributed by atoms with E-state index in [1.54, 1.807) is 6.92 Å². The van der Waals surface area contributed by atoms with Crippen LogP contribution >= 0.6 is 0 Å². The van der Waals surface area contributed by atoms with E-state index >= 15 is 0 Å². The minimum absolute atomic E-state index is 0.160. The average molecular weight is 298 g/mol. The van der Waals surface area contributed by atoms with Crippen molar-refractivity contribution in [2.45, 2.75) is 58.5 Å². The molecule has 1 amide bonds. The van der Waals surface area contributed by atoms with E-state index in [2.05, 4.69) is 36.9 Å². The Balaban J connectivity index is 1.69. The highest BCUT2D eigenvalue weighted by Crippen LogP contribution is 2.42. The first kappa shape index (κ1) is 14.1. The molecule has 118 valence electrons. The molecular weight excluding hydrogens is 272 g/mol. The quantitative estimate of drug-likeness (QED) is 0.791. The zero-order chi connectivity index (χ0) is 15.4. The van der Waals surface area contributed by atoms with E-state index in [0.717, 1.165) is 24.1 Å². The molecule has 1 unspecified atom stereocenters. The van der Waals surface area contributed by atoms with Crippen LogP contribution in [0.4, 0.5) is 11.4 Å². The fourth-order valence-corrected chi connectivity index (χ4v) is 4.84. The summed E-state index contributed by atoms with van der Waals surface area (Å²) >= 11 is 0. The molecule has 0 spiro atoms. The molecule has 0 radical (unpaired) electrons. The minimum Gasteiger partial charge on any atom is -0.368 e. The normalized spacial score (nSPS) is 33.2. The molecule has 1 aliphatic carbocycles. The van der Waals surface area contributed by atoms with Crippen LogP contribution < -0.4 is 9.80 Å². The van der Waals surface area contributed by atoms with Crippen molar-refractivity contribution >= 4 is 17.3 Å². The molecule has 1 saturated carbocycles. The van der Waals surface area contributed by atoms with Gasteiger partial charge in [0.25, 0.3) is 0 Å². The first-order valence-corrected chi connectivity index (χ1v) is 8.74. The van der Waals surface area contributed by atoms with Gasteiger partial charge in [0, 0.05) is 36.9 Å². The Morgan fingerprint density at radius 1 is 1.23 bits per heavy atom. The van der Waals surface area contributed by atoms with Crippen molar-refractivity contribution in [3.63, 3.8) is 0 Å². The second-order valence-corrected chi connectivity index (χ2v) is 7.61. The molecule has 3 heteroatoms. The maximum Gasteiger partial charge on any atom is 0.224 e. The van der Waals surface area contributed by atoms with E-state index in [1.807, 2.05) is 4.90 Å². The third kappa shape index (κ3) is 2.05. The summed E-state index contributed by atoms with van der Waals surface area (Å²) in [4.78, 5) is 16.7. The third-order valence-corrected chi connectivity index (χ3v) is 6.18. The molecule has 2 aliphatic heterocycles. The molecule has 1 saturated heterocycles. The van der Waals surface area contributed by atoms with Gasteiger partial charge in [0.1, 0.15) is 0 Å². The van der Waals surface area contributed by atoms with Crippen molar-refractivity contribution < 1.29 is 4.79 Å². The molecule has 1 aromatic rings. The van der Waals surface area contributed by atoms with Gasteiger partial charge < -0.3 is 9.80 Å². The van der Waals surface area contributed by atoms with Crippen LogP contribution in [0.3, 0.4) is 0 Å². The van der Waals surface area contributed by atoms with Crippen molar-refractivity contribution in [1.82, 2.24) is 0 Å². The lowest BCUT2D eigenvalue weighted by Gasteiger charge is -2.40. The second-order valence-electron chi connectivity index (χ2n) is 7.61. The van der Waals surface area contributed by atoms with Crippen LogP contribution in [0.15, 0.2) is 18.2 Å². The zero-order valence-electron chi connectivity index (χ0n) is 13.9. The zero-order valence-corrected chi connectivity index (χ0v) is 13.9. The molecule has 3 nitrogen and oxygen atoms in total. The number of carbonyl (C=O) groups is 1. The van der Waals surface area contributed by atoms with Gasteiger partial charge in [0.2, 0.25) is 5.91 Å². The molecule has 22 heavy (non-hydrogen) atoms. The van der Waals surface area contributed by atoms with Gasteiger partial charge >= 0.3 is 0 Å². The van der Waals surface area contributed by atoms with Crippen LogP contribution in [-0.2, 0) is 11.2 Å². The summed E-state index contributed by atoms with van der Waals surface area (Å²) in [6.45, 7) is 7.34. The molecule has 4 atom stereocenters. The highest BCUT2D eigenvalue weighted by Gasteiger charge is 2.38. The molecule has 2 bridgehead atoms. The van der Waals surface area contributed by atoms with Crippen LogP contribution in [0, 0.1) is 11.8 Å². The smallest absolute Gasteiger partial charge is 0.224 e. The number of hydrogen-bond donors (Lipinski definition) is 0. The van der Waals surface area contributed by atoms with E-state index in [-0.39, 0.29) is 5.91 Å². The molecule has 0 aromatic heterocycles. The predicted octanol–water partition coefficient (Wildman–Crippen LogP) is 3.61. The van der Waals surface area contributed by atoms with Gasteiger partial charge in [-0.15, -0.1) is 0 Å². The fraction of sp³-hybridized carbons (Fsp3) is 0.632. The lowest BCUT2D eigenvalue weighted by molar-refractivity contribution is -0.117. The van der Waals surface area contributed by atoms with Gasteiger partial charge in [-0.3, -0.25) is 4.79 Å². The Kier molecular flexibility index (Phi) is 3.21. The Morgan fingerprint density at radius 3 is 2.68 bits per heavy atom. The summed E-state index contributed by atoms with van der Waals surface area (Å²) in [6, 6.07) is 7.82. The van der Waals surface area contributed by atoms with Gasteiger partial charge in [-0.05, 0) is 68.2 Å². The number of amides is 1. The van der Waals surface area contributed by atoms with Crippen LogP contribution in [0.5, 0.6) is 0 Å². The molecular formula is C19H26N2O. The number of piperidine rings is 1. The number of anilines is 2. The molecule has 1 aromatic carbocycles. The van der Waals surface area contributed by atoms with Crippen molar-refractivity contribution in [1.29, 1.82) is 0 Å². The topological polar surface area (TPSA) is 23.6 Å². The first-order valence-electron chi connectivity index (χ1n) is 8.74. The van der Waals surface area contributed by atoms with Gasteiger partial charge in [0.05, 0.1) is 0 Å². The van der Waals surface area contributed by atoms with Crippen LogP contribution in [-0.4, -0.2) is 24.5 Å². The predicted molar refractivity (Wildman–Crippen MR) is 90.4 cm³/mol. The number of benzene rings is 1. The number of carbonyl (C=O) groups excluding carboxylic acids is 1. The summed E-state index contributed by atoms with van der Waals surface area (Å²) in [5.41, 5.74) is 3.85. The van der Waals surface area contributed by atoms with Crippen molar-refractivity contribution in [2.75, 3.05) is 16.3 Å². The summed E-state index contributed by atoms with van der Waals surface area (Å²) in [5, 5.41) is 0. The molecule has 2 heterocycles. The Labute approximate surface area is 133 Å². The number of nitrogens with zero attached hydrogens (tertiary/aromatic N) is 2. The summed E-state index contributed by atoms with van der Waals surface area (Å²) in [7, 11) is 0. The van der Waals surface area contributed by atoms with Crippen molar-refractivity contribution in [2.24, 2.45) is 11.8 Å². The van der Waals surface area contributed by atoms with E-state index < -0.39 is 0 Å². The van der Waals surface area contributed by atoms with Gasteiger partial charge in [-0.1, -0.05) is 6.92 Å².